The first-order valence-electron chi connectivity index (χ1n) is 10.3. The number of phenols is 1. The van der Waals surface area contributed by atoms with Crippen LogP contribution in [0, 0.1) is 0 Å². The van der Waals surface area contributed by atoms with E-state index in [9.17, 15) is 19.5 Å². The Balaban J connectivity index is 0.00000306. The van der Waals surface area contributed by atoms with Gasteiger partial charge in [0.15, 0.2) is 0 Å². The highest BCUT2D eigenvalue weighted by atomic mass is 16.5. The van der Waals surface area contributed by atoms with E-state index >= 15 is 0 Å². The second-order valence-corrected chi connectivity index (χ2v) is 7.29. The summed E-state index contributed by atoms with van der Waals surface area (Å²) >= 11 is 0. The number of phenolic OH excluding ortho intramolecular Hbond substituents is 1. The molecule has 0 aliphatic carbocycles. The van der Waals surface area contributed by atoms with E-state index in [1.165, 1.54) is 0 Å². The Morgan fingerprint density at radius 1 is 0.939 bits per heavy atom. The number of nitrogens with zero attached hydrogens (tertiary/aromatic N) is 1. The molecular formula is C25H27N3O5. The molecule has 3 aromatic carbocycles. The lowest BCUT2D eigenvalue weighted by molar-refractivity contribution is -0.143. The molecule has 8 heteroatoms. The number of rotatable bonds is 8. The second-order valence-electron chi connectivity index (χ2n) is 7.29. The first kappa shape index (κ1) is 23.6. The Bertz CT molecular complexity index is 1170. The Kier molecular flexibility index (Phi) is 7.17. The number of imide groups is 1. The zero-order valence-corrected chi connectivity index (χ0v) is 17.6. The molecule has 1 aliphatic heterocycles. The number of ether oxygens (including phenoxy) is 1. The van der Waals surface area contributed by atoms with Gasteiger partial charge in [0, 0.05) is 46.4 Å². The molecule has 4 rings (SSSR count). The van der Waals surface area contributed by atoms with Crippen molar-refractivity contribution < 1.29 is 24.2 Å². The number of hydrogen-bond acceptors (Lipinski definition) is 7. The van der Waals surface area contributed by atoms with Gasteiger partial charge in [0.1, 0.15) is 12.3 Å². The molecule has 1 aliphatic rings. The third-order valence-corrected chi connectivity index (χ3v) is 5.22. The normalized spacial score (nSPS) is 12.3. The first-order valence-corrected chi connectivity index (χ1v) is 10.3. The number of aromatic hydroxyl groups is 1. The third kappa shape index (κ3) is 4.74. The largest absolute Gasteiger partial charge is 0.508 e. The van der Waals surface area contributed by atoms with Gasteiger partial charge in [-0.25, -0.2) is 0 Å². The number of amides is 2. The van der Waals surface area contributed by atoms with Crippen LogP contribution in [0.1, 0.15) is 35.1 Å². The maximum absolute atomic E-state index is 13.0. The molecule has 0 aromatic heterocycles. The molecule has 8 nitrogen and oxygen atoms in total. The zero-order chi connectivity index (χ0) is 22.7. The van der Waals surface area contributed by atoms with E-state index < -0.39 is 24.3 Å². The number of esters is 1. The minimum Gasteiger partial charge on any atom is -0.508 e. The van der Waals surface area contributed by atoms with Gasteiger partial charge < -0.3 is 20.5 Å². The summed E-state index contributed by atoms with van der Waals surface area (Å²) < 4.78 is 4.90. The summed E-state index contributed by atoms with van der Waals surface area (Å²) in [7, 11) is 0. The van der Waals surface area contributed by atoms with Crippen LogP contribution < -0.4 is 10.6 Å². The average Bonchev–Trinajstić information content (AvgIpc) is 2.79. The lowest BCUT2D eigenvalue weighted by Crippen LogP contribution is -2.43. The lowest BCUT2D eigenvalue weighted by Gasteiger charge is -2.27. The van der Waals surface area contributed by atoms with Crippen LogP contribution in [0.4, 0.5) is 11.4 Å². The van der Waals surface area contributed by atoms with Gasteiger partial charge >= 0.3 is 5.97 Å². The van der Waals surface area contributed by atoms with Crippen molar-refractivity contribution in [2.24, 2.45) is 0 Å². The molecule has 3 aromatic rings. The van der Waals surface area contributed by atoms with Crippen LogP contribution in [-0.4, -0.2) is 54.0 Å². The highest BCUT2D eigenvalue weighted by Gasteiger charge is 2.34. The molecule has 0 unspecified atom stereocenters. The highest BCUT2D eigenvalue weighted by Crippen LogP contribution is 2.34. The molecule has 0 saturated heterocycles. The molecule has 3 N–H and O–H groups in total. The zero-order valence-electron chi connectivity index (χ0n) is 17.6. The van der Waals surface area contributed by atoms with Crippen molar-refractivity contribution in [2.45, 2.75) is 14.4 Å². The second kappa shape index (κ2) is 10.0. The van der Waals surface area contributed by atoms with Crippen molar-refractivity contribution in [3.63, 3.8) is 0 Å². The van der Waals surface area contributed by atoms with Crippen LogP contribution >= 0.6 is 0 Å². The number of anilines is 2. The van der Waals surface area contributed by atoms with Crippen LogP contribution in [0.2, 0.25) is 0 Å². The monoisotopic (exact) mass is 449 g/mol. The predicted molar refractivity (Wildman–Crippen MR) is 128 cm³/mol. The van der Waals surface area contributed by atoms with Crippen molar-refractivity contribution in [1.29, 1.82) is 0 Å². The molecule has 0 bridgehead atoms. The maximum Gasteiger partial charge on any atom is 0.326 e. The Labute approximate surface area is 192 Å². The quantitative estimate of drug-likeness (QED) is 0.207. The third-order valence-electron chi connectivity index (χ3n) is 5.22. The summed E-state index contributed by atoms with van der Waals surface area (Å²) in [5, 5.41) is 17.3. The van der Waals surface area contributed by atoms with Crippen molar-refractivity contribution in [2.75, 3.05) is 36.9 Å². The van der Waals surface area contributed by atoms with Crippen molar-refractivity contribution >= 4 is 39.9 Å². The molecular weight excluding hydrogens is 422 g/mol. The van der Waals surface area contributed by atoms with Crippen molar-refractivity contribution in [3.8, 4) is 5.75 Å². The van der Waals surface area contributed by atoms with Crippen LogP contribution in [0.3, 0.4) is 0 Å². The predicted octanol–water partition coefficient (Wildman–Crippen LogP) is 3.86. The van der Waals surface area contributed by atoms with Crippen LogP contribution in [0.15, 0.2) is 54.6 Å². The fourth-order valence-electron chi connectivity index (χ4n) is 3.76. The first-order chi connectivity index (χ1) is 15.5. The highest BCUT2D eigenvalue weighted by molar-refractivity contribution is 6.27. The fraction of sp³-hybridized carbons (Fsp3) is 0.240. The number of carbonyl (C=O) groups excluding carboxylic acids is 3. The van der Waals surface area contributed by atoms with Crippen molar-refractivity contribution in [3.05, 3.63) is 65.7 Å². The van der Waals surface area contributed by atoms with Gasteiger partial charge in [0.25, 0.3) is 11.8 Å². The molecule has 1 heterocycles. The molecule has 0 atom stereocenters. The Hall–Kier alpha value is -4.07. The molecule has 0 saturated carbocycles. The molecule has 0 radical (unpaired) electrons. The molecule has 172 valence electrons. The number of carbonyl (C=O) groups is 3. The fourth-order valence-corrected chi connectivity index (χ4v) is 3.76. The van der Waals surface area contributed by atoms with E-state index in [1.807, 2.05) is 6.07 Å². The van der Waals surface area contributed by atoms with Gasteiger partial charge in [0.05, 0.1) is 6.61 Å². The van der Waals surface area contributed by atoms with Crippen LogP contribution in [0.25, 0.3) is 10.8 Å². The smallest absolute Gasteiger partial charge is 0.326 e. The summed E-state index contributed by atoms with van der Waals surface area (Å²) in [5.74, 6) is -1.42. The minimum atomic E-state index is -0.621. The summed E-state index contributed by atoms with van der Waals surface area (Å²) in [5.41, 5.74) is 2.46. The SMILES string of the molecule is C.CCOC(=O)CN1C(=O)c2cccc3c(NCCNc4ccc(O)cc4)ccc(c23)C1=O. The van der Waals surface area contributed by atoms with Crippen molar-refractivity contribution in [1.82, 2.24) is 4.90 Å². The Morgan fingerprint density at radius 2 is 1.61 bits per heavy atom. The van der Waals surface area contributed by atoms with E-state index in [-0.39, 0.29) is 19.8 Å². The topological polar surface area (TPSA) is 108 Å². The van der Waals surface area contributed by atoms with Crippen LogP contribution in [-0.2, 0) is 9.53 Å². The van der Waals surface area contributed by atoms with Gasteiger partial charge in [-0.3, -0.25) is 19.3 Å². The summed E-state index contributed by atoms with van der Waals surface area (Å²) in [6.45, 7) is 2.65. The standard InChI is InChI=1S/C24H23N3O5.CH4/c1-2-32-21(29)14-27-23(30)18-5-3-4-17-20(11-10-19(22(17)18)24(27)31)26-13-12-25-15-6-8-16(28)9-7-15;/h3-11,25-26,28H,2,12-14H2,1H3;1H4. The Morgan fingerprint density at radius 3 is 2.30 bits per heavy atom. The van der Waals surface area contributed by atoms with Gasteiger partial charge in [-0.1, -0.05) is 19.6 Å². The van der Waals surface area contributed by atoms with Gasteiger partial charge in [0.2, 0.25) is 0 Å². The van der Waals surface area contributed by atoms with Gasteiger partial charge in [-0.15, -0.1) is 0 Å². The number of benzene rings is 3. The summed E-state index contributed by atoms with van der Waals surface area (Å²) in [6.07, 6.45) is 0. The van der Waals surface area contributed by atoms with E-state index in [2.05, 4.69) is 10.6 Å². The minimum absolute atomic E-state index is 0. The van der Waals surface area contributed by atoms with E-state index in [4.69, 9.17) is 4.74 Å². The van der Waals surface area contributed by atoms with Gasteiger partial charge in [-0.05, 0) is 49.4 Å². The molecule has 0 spiro atoms. The maximum atomic E-state index is 13.0. The summed E-state index contributed by atoms with van der Waals surface area (Å²) in [4.78, 5) is 38.7. The molecule has 33 heavy (non-hydrogen) atoms. The lowest BCUT2D eigenvalue weighted by atomic mass is 9.93. The number of hydrogen-bond donors (Lipinski definition) is 3. The van der Waals surface area contributed by atoms with E-state index in [0.29, 0.717) is 29.6 Å². The van der Waals surface area contributed by atoms with Gasteiger partial charge in [-0.2, -0.15) is 0 Å². The van der Waals surface area contributed by atoms with E-state index in [0.717, 1.165) is 21.7 Å². The molecule has 2 amide bonds. The summed E-state index contributed by atoms with van der Waals surface area (Å²) in [6, 6.07) is 15.6. The van der Waals surface area contributed by atoms with E-state index in [1.54, 1.807) is 55.5 Å². The van der Waals surface area contributed by atoms with Crippen LogP contribution in [0.5, 0.6) is 5.75 Å². The molecule has 0 fully saturated rings. The number of nitrogens with one attached hydrogen (secondary N) is 2. The average molecular weight is 450 g/mol.